The van der Waals surface area contributed by atoms with Crippen LogP contribution in [0.2, 0.25) is 0 Å². The van der Waals surface area contributed by atoms with E-state index in [2.05, 4.69) is 5.32 Å². The number of nitrogens with two attached hydrogens (primary N) is 1. The van der Waals surface area contributed by atoms with Crippen molar-refractivity contribution < 1.29 is 4.39 Å². The van der Waals surface area contributed by atoms with Crippen LogP contribution in [0.15, 0.2) is 24.3 Å². The number of benzene rings is 1. The predicted octanol–water partition coefficient (Wildman–Crippen LogP) is 1.22. The predicted molar refractivity (Wildman–Crippen MR) is 46.9 cm³/mol. The molecule has 0 aromatic heterocycles. The molecule has 0 saturated carbocycles. The summed E-state index contributed by atoms with van der Waals surface area (Å²) in [5.74, 6) is -0.209. The third-order valence-corrected chi connectivity index (χ3v) is 1.52. The highest BCUT2D eigenvalue weighted by atomic mass is 19.1. The summed E-state index contributed by atoms with van der Waals surface area (Å²) < 4.78 is 12.6. The van der Waals surface area contributed by atoms with E-state index in [-0.39, 0.29) is 12.0 Å². The van der Waals surface area contributed by atoms with Crippen LogP contribution in [0.25, 0.3) is 0 Å². The van der Waals surface area contributed by atoms with E-state index in [1.807, 2.05) is 13.0 Å². The fraction of sp³-hybridized carbons (Fsp3) is 0.333. The van der Waals surface area contributed by atoms with Crippen LogP contribution in [0.5, 0.6) is 0 Å². The van der Waals surface area contributed by atoms with E-state index in [0.717, 1.165) is 5.56 Å². The molecule has 3 heteroatoms. The second-order valence-electron chi connectivity index (χ2n) is 2.80. The van der Waals surface area contributed by atoms with Gasteiger partial charge in [-0.15, -0.1) is 0 Å². The Kier molecular flexibility index (Phi) is 3.19. The molecule has 0 saturated heterocycles. The maximum absolute atomic E-state index is 12.6. The molecule has 1 rings (SSSR count). The lowest BCUT2D eigenvalue weighted by atomic mass is 10.2. The zero-order valence-corrected chi connectivity index (χ0v) is 7.05. The molecule has 1 atom stereocenters. The van der Waals surface area contributed by atoms with Crippen molar-refractivity contribution >= 4 is 0 Å². The number of rotatable bonds is 3. The van der Waals surface area contributed by atoms with Crippen molar-refractivity contribution in [3.63, 3.8) is 0 Å². The molecule has 12 heavy (non-hydrogen) atoms. The molecule has 0 aliphatic rings. The topological polar surface area (TPSA) is 38.0 Å². The Morgan fingerprint density at radius 1 is 1.58 bits per heavy atom. The molecule has 1 aromatic carbocycles. The monoisotopic (exact) mass is 168 g/mol. The van der Waals surface area contributed by atoms with E-state index in [1.54, 1.807) is 6.07 Å². The van der Waals surface area contributed by atoms with Gasteiger partial charge in [0.15, 0.2) is 0 Å². The summed E-state index contributed by atoms with van der Waals surface area (Å²) in [4.78, 5) is 0. The number of hydrogen-bond acceptors (Lipinski definition) is 2. The molecule has 0 aliphatic carbocycles. The van der Waals surface area contributed by atoms with Crippen LogP contribution in [0.1, 0.15) is 12.5 Å². The third kappa shape index (κ3) is 2.98. The van der Waals surface area contributed by atoms with Gasteiger partial charge in [-0.25, -0.2) is 4.39 Å². The zero-order valence-electron chi connectivity index (χ0n) is 7.05. The van der Waals surface area contributed by atoms with Crippen molar-refractivity contribution in [1.82, 2.24) is 5.32 Å². The third-order valence-electron chi connectivity index (χ3n) is 1.52. The number of hydrogen-bond donors (Lipinski definition) is 2. The smallest absolute Gasteiger partial charge is 0.123 e. The summed E-state index contributed by atoms with van der Waals surface area (Å²) >= 11 is 0. The van der Waals surface area contributed by atoms with Crippen LogP contribution < -0.4 is 11.1 Å². The lowest BCUT2D eigenvalue weighted by Crippen LogP contribution is -2.33. The molecule has 0 fully saturated rings. The van der Waals surface area contributed by atoms with Gasteiger partial charge in [-0.05, 0) is 24.6 Å². The van der Waals surface area contributed by atoms with E-state index in [1.165, 1.54) is 12.1 Å². The Hall–Kier alpha value is -0.930. The molecular weight excluding hydrogens is 155 g/mol. The normalized spacial score (nSPS) is 12.9. The molecule has 0 amide bonds. The van der Waals surface area contributed by atoms with Crippen LogP contribution in [-0.4, -0.2) is 6.17 Å². The van der Waals surface area contributed by atoms with Crippen molar-refractivity contribution in [2.75, 3.05) is 0 Å². The summed E-state index contributed by atoms with van der Waals surface area (Å²) in [5, 5.41) is 3.00. The molecule has 66 valence electrons. The van der Waals surface area contributed by atoms with Gasteiger partial charge in [0.1, 0.15) is 5.82 Å². The van der Waals surface area contributed by atoms with E-state index >= 15 is 0 Å². The highest BCUT2D eigenvalue weighted by Crippen LogP contribution is 2.02. The quantitative estimate of drug-likeness (QED) is 0.666. The minimum Gasteiger partial charge on any atom is -0.316 e. The Balaban J connectivity index is 2.52. The zero-order chi connectivity index (χ0) is 8.97. The summed E-state index contributed by atoms with van der Waals surface area (Å²) in [5.41, 5.74) is 6.38. The first-order chi connectivity index (χ1) is 5.68. The van der Waals surface area contributed by atoms with E-state index in [4.69, 9.17) is 5.73 Å². The fourth-order valence-corrected chi connectivity index (χ4v) is 0.926. The highest BCUT2D eigenvalue weighted by molar-refractivity contribution is 5.15. The molecule has 0 heterocycles. The van der Waals surface area contributed by atoms with Crippen molar-refractivity contribution in [1.29, 1.82) is 0 Å². The Morgan fingerprint density at radius 3 is 2.92 bits per heavy atom. The molecular formula is C9H13FN2. The van der Waals surface area contributed by atoms with Crippen molar-refractivity contribution in [3.05, 3.63) is 35.6 Å². The first-order valence-corrected chi connectivity index (χ1v) is 3.92. The standard InChI is InChI=1S/C9H13FN2/c1-7(11)12-6-8-3-2-4-9(10)5-8/h2-5,7,12H,6,11H2,1H3. The molecule has 0 aliphatic heterocycles. The minimum atomic E-state index is -0.209. The summed E-state index contributed by atoms with van der Waals surface area (Å²) in [7, 11) is 0. The maximum atomic E-state index is 12.6. The first kappa shape index (κ1) is 9.16. The molecule has 0 spiro atoms. The summed E-state index contributed by atoms with van der Waals surface area (Å²) in [6.45, 7) is 2.45. The highest BCUT2D eigenvalue weighted by Gasteiger charge is 1.95. The van der Waals surface area contributed by atoms with Gasteiger partial charge in [0.05, 0.1) is 6.17 Å². The number of nitrogens with one attached hydrogen (secondary N) is 1. The van der Waals surface area contributed by atoms with E-state index in [9.17, 15) is 4.39 Å². The number of halogens is 1. The van der Waals surface area contributed by atoms with Crippen LogP contribution in [0.4, 0.5) is 4.39 Å². The average Bonchev–Trinajstić information content (AvgIpc) is 2.01. The fourth-order valence-electron chi connectivity index (χ4n) is 0.926. The minimum absolute atomic E-state index is 0.0618. The molecule has 1 unspecified atom stereocenters. The van der Waals surface area contributed by atoms with Crippen LogP contribution in [0, 0.1) is 5.82 Å². The van der Waals surface area contributed by atoms with Gasteiger partial charge < -0.3 is 5.73 Å². The molecule has 2 nitrogen and oxygen atoms in total. The van der Waals surface area contributed by atoms with Gasteiger partial charge in [0, 0.05) is 6.54 Å². The SMILES string of the molecule is CC(N)NCc1cccc(F)c1. The second-order valence-corrected chi connectivity index (χ2v) is 2.80. The maximum Gasteiger partial charge on any atom is 0.123 e. The van der Waals surface area contributed by atoms with Crippen molar-refractivity contribution in [3.8, 4) is 0 Å². The largest absolute Gasteiger partial charge is 0.316 e. The Labute approximate surface area is 71.6 Å². The Bertz CT molecular complexity index is 248. The van der Waals surface area contributed by atoms with Crippen LogP contribution in [-0.2, 0) is 6.54 Å². The van der Waals surface area contributed by atoms with Crippen molar-refractivity contribution in [2.45, 2.75) is 19.6 Å². The Morgan fingerprint density at radius 2 is 2.33 bits per heavy atom. The molecule has 3 N–H and O–H groups in total. The van der Waals surface area contributed by atoms with Gasteiger partial charge in [-0.3, -0.25) is 5.32 Å². The van der Waals surface area contributed by atoms with Crippen LogP contribution >= 0.6 is 0 Å². The second kappa shape index (κ2) is 4.18. The van der Waals surface area contributed by atoms with Gasteiger partial charge in [0.25, 0.3) is 0 Å². The van der Waals surface area contributed by atoms with Gasteiger partial charge >= 0.3 is 0 Å². The van der Waals surface area contributed by atoms with Crippen LogP contribution in [0.3, 0.4) is 0 Å². The lowest BCUT2D eigenvalue weighted by Gasteiger charge is -2.07. The van der Waals surface area contributed by atoms with E-state index < -0.39 is 0 Å². The summed E-state index contributed by atoms with van der Waals surface area (Å²) in [6.07, 6.45) is -0.0618. The molecule has 0 radical (unpaired) electrons. The van der Waals surface area contributed by atoms with Gasteiger partial charge in [0.2, 0.25) is 0 Å². The van der Waals surface area contributed by atoms with Gasteiger partial charge in [-0.2, -0.15) is 0 Å². The van der Waals surface area contributed by atoms with Crippen molar-refractivity contribution in [2.24, 2.45) is 5.73 Å². The molecule has 1 aromatic rings. The van der Waals surface area contributed by atoms with E-state index in [0.29, 0.717) is 6.54 Å². The average molecular weight is 168 g/mol. The van der Waals surface area contributed by atoms with Gasteiger partial charge in [-0.1, -0.05) is 12.1 Å². The lowest BCUT2D eigenvalue weighted by molar-refractivity contribution is 0.562. The summed E-state index contributed by atoms with van der Waals surface area (Å²) in [6, 6.07) is 6.47. The molecule has 0 bridgehead atoms. The first-order valence-electron chi connectivity index (χ1n) is 3.92.